The van der Waals surface area contributed by atoms with Gasteiger partial charge in [-0.25, -0.2) is 14.0 Å². The highest BCUT2D eigenvalue weighted by molar-refractivity contribution is 6.08. The van der Waals surface area contributed by atoms with Crippen LogP contribution in [0.5, 0.6) is 0 Å². The summed E-state index contributed by atoms with van der Waals surface area (Å²) in [5, 5.41) is 29.1. The van der Waals surface area contributed by atoms with Gasteiger partial charge in [-0.3, -0.25) is 23.9 Å². The largest absolute Gasteiger partial charge is 0.455 e. The molecule has 0 aliphatic carbocycles. The topological polar surface area (TPSA) is 241 Å². The number of pyridine rings is 1. The molecule has 3 aromatic heterocycles. The Morgan fingerprint density at radius 2 is 1.55 bits per heavy atom. The molecule has 0 radical (unpaired) electrons. The van der Waals surface area contributed by atoms with E-state index in [9.17, 15) is 24.3 Å². The number of aliphatic hydroxyl groups excluding tert-OH is 1. The van der Waals surface area contributed by atoms with Crippen molar-refractivity contribution in [2.24, 2.45) is 17.8 Å². The number of aryl methyl sites for hydroxylation is 2. The Balaban J connectivity index is 1.08. The highest BCUT2D eigenvalue weighted by Crippen LogP contribution is 2.44. The van der Waals surface area contributed by atoms with Crippen molar-refractivity contribution in [1.82, 2.24) is 44.8 Å². The Labute approximate surface area is 432 Å². The number of cyclic esters (lactones) is 1. The lowest BCUT2D eigenvalue weighted by molar-refractivity contribution is -0.296. The van der Waals surface area contributed by atoms with Gasteiger partial charge in [0.2, 0.25) is 0 Å². The highest BCUT2D eigenvalue weighted by Gasteiger charge is 2.62. The number of methoxy groups -OCH3 is 1. The van der Waals surface area contributed by atoms with Gasteiger partial charge in [0.1, 0.15) is 29.4 Å². The van der Waals surface area contributed by atoms with E-state index in [1.165, 1.54) is 18.9 Å². The van der Waals surface area contributed by atoms with Gasteiger partial charge >= 0.3 is 12.1 Å². The SMILES string of the molecule is CC[C@H]1OC(=O)[C@@](C)(F)C(=O)[C@H](C)[C@@H](O[C@@H]2O[C@H](C)C[C@H](N(C)CCCCn3cc(-c4cccnc4)nn3)[C@H]2O)[C@](C)(OC)C[C@@H](C)C(=O)[C@H](C)[C@H]2N(CCCCn3cc(-c4cccc(N)c4)nn3)C(=O)O[C@]12C. The average Bonchev–Trinajstić information content (AvgIpc) is 4.12. The van der Waals surface area contributed by atoms with Crippen LogP contribution in [0.1, 0.15) is 100 Å². The van der Waals surface area contributed by atoms with Gasteiger partial charge in [0.15, 0.2) is 17.7 Å². The Kier molecular flexibility index (Phi) is 17.7. The number of fused-ring (bicyclic) bond motifs is 1. The number of aliphatic hydroxyl groups is 1. The first-order chi connectivity index (χ1) is 35.1. The number of halogens is 1. The Morgan fingerprint density at radius 1 is 0.905 bits per heavy atom. The fourth-order valence-electron chi connectivity index (χ4n) is 11.3. The van der Waals surface area contributed by atoms with Crippen LogP contribution in [0, 0.1) is 17.8 Å². The van der Waals surface area contributed by atoms with Gasteiger partial charge < -0.3 is 44.3 Å². The summed E-state index contributed by atoms with van der Waals surface area (Å²) in [7, 11) is 3.32. The molecule has 21 heteroatoms. The molecule has 74 heavy (non-hydrogen) atoms. The molecule has 13 atom stereocenters. The van der Waals surface area contributed by atoms with E-state index in [2.05, 4.69) is 25.6 Å². The number of carbonyl (C=O) groups excluding carboxylic acids is 4. The van der Waals surface area contributed by atoms with Gasteiger partial charge in [0.05, 0.1) is 36.2 Å². The molecule has 7 rings (SSSR count). The Morgan fingerprint density at radius 3 is 2.19 bits per heavy atom. The normalized spacial score (nSPS) is 32.3. The number of nitrogens with zero attached hydrogens (tertiary/aromatic N) is 9. The third kappa shape index (κ3) is 12.0. The van der Waals surface area contributed by atoms with Crippen molar-refractivity contribution in [2.45, 2.75) is 173 Å². The zero-order valence-corrected chi connectivity index (χ0v) is 44.4. The van der Waals surface area contributed by atoms with Crippen molar-refractivity contribution < 1.29 is 52.4 Å². The maximum absolute atomic E-state index is 17.2. The number of rotatable bonds is 17. The van der Waals surface area contributed by atoms with Crippen LogP contribution in [0.2, 0.25) is 0 Å². The number of Topliss-reactive ketones (excluding diaryl/α,β-unsaturated/α-hetero) is 2. The molecule has 3 N–H and O–H groups in total. The monoisotopic (exact) mass is 1030 g/mol. The minimum Gasteiger partial charge on any atom is -0.455 e. The number of carbonyl (C=O) groups is 4. The first kappa shape index (κ1) is 56.0. The van der Waals surface area contributed by atoms with E-state index in [4.69, 9.17) is 29.4 Å². The van der Waals surface area contributed by atoms with Gasteiger partial charge in [-0.05, 0) is 110 Å². The predicted octanol–water partition coefficient (Wildman–Crippen LogP) is 6.11. The summed E-state index contributed by atoms with van der Waals surface area (Å²) >= 11 is 0. The second-order valence-electron chi connectivity index (χ2n) is 21.1. The summed E-state index contributed by atoms with van der Waals surface area (Å²) in [6.45, 7) is 14.4. The summed E-state index contributed by atoms with van der Waals surface area (Å²) in [4.78, 5) is 65.4. The third-order valence-electron chi connectivity index (χ3n) is 15.5. The van der Waals surface area contributed by atoms with E-state index in [0.29, 0.717) is 50.3 Å². The number of esters is 1. The predicted molar refractivity (Wildman–Crippen MR) is 270 cm³/mol. The van der Waals surface area contributed by atoms with Gasteiger partial charge in [-0.1, -0.05) is 50.3 Å². The molecule has 0 bridgehead atoms. The average molecular weight is 1030 g/mol. The number of ketones is 2. The van der Waals surface area contributed by atoms with Crippen molar-refractivity contribution in [3.05, 3.63) is 61.2 Å². The fraction of sp³-hybridized carbons (Fsp3) is 0.642. The van der Waals surface area contributed by atoms with Crippen LogP contribution < -0.4 is 5.73 Å². The number of amides is 1. The first-order valence-corrected chi connectivity index (χ1v) is 25.9. The molecule has 1 amide bonds. The summed E-state index contributed by atoms with van der Waals surface area (Å²) in [5.41, 5.74) is 3.30. The highest BCUT2D eigenvalue weighted by atomic mass is 19.1. The number of nitrogen functional groups attached to an aromatic ring is 1. The lowest BCUT2D eigenvalue weighted by Gasteiger charge is -2.47. The molecule has 3 fully saturated rings. The summed E-state index contributed by atoms with van der Waals surface area (Å²) in [5.74, 6) is -5.99. The number of hydrogen-bond donors (Lipinski definition) is 2. The van der Waals surface area contributed by atoms with Crippen LogP contribution in [-0.2, 0) is 51.2 Å². The third-order valence-corrected chi connectivity index (χ3v) is 15.5. The molecule has 0 saturated carbocycles. The van der Waals surface area contributed by atoms with Crippen molar-refractivity contribution in [3.8, 4) is 22.5 Å². The molecule has 6 heterocycles. The molecule has 3 aliphatic heterocycles. The standard InChI is InChI=1S/C53H75FN10O10/c1-11-42-53(8)45(64(50(69)74-53)25-15-14-24-62-30-39(57-59-62)36-18-16-20-38(55)27-36)34(4)43(65)32(2)28-51(6,70-10)47(35(5)46(67)52(7,54)49(68)72-42)73-48-44(66)41(26-33(3)71-48)61(9)22-12-13-23-63-31-40(58-60-63)37-19-17-21-56-29-37/h16-21,27,29-35,41-42,44-45,47-48,66H,11-15,22-26,28,55H2,1-10H3/t32-,33-,34+,35+,41+,42-,44-,45-,47-,48+,51-,52+,53-/m1/s1. The number of aromatic nitrogens is 7. The summed E-state index contributed by atoms with van der Waals surface area (Å²) < 4.78 is 51.9. The van der Waals surface area contributed by atoms with Gasteiger partial charge in [-0.2, -0.15) is 0 Å². The number of nitrogens with two attached hydrogens (primary N) is 1. The van der Waals surface area contributed by atoms with Crippen LogP contribution >= 0.6 is 0 Å². The van der Waals surface area contributed by atoms with Crippen molar-refractivity contribution >= 4 is 29.3 Å². The molecule has 3 saturated heterocycles. The number of anilines is 1. The van der Waals surface area contributed by atoms with Crippen molar-refractivity contribution in [1.29, 1.82) is 0 Å². The minimum absolute atomic E-state index is 0.0372. The Hall–Kier alpha value is -5.74. The second-order valence-corrected chi connectivity index (χ2v) is 21.1. The Bertz CT molecular complexity index is 2560. The quantitative estimate of drug-likeness (QED) is 0.0525. The molecular weight excluding hydrogens is 956 g/mol. The zero-order chi connectivity index (χ0) is 53.7. The molecule has 4 aromatic rings. The smallest absolute Gasteiger partial charge is 0.410 e. The fourth-order valence-corrected chi connectivity index (χ4v) is 11.3. The van der Waals surface area contributed by atoms with Crippen LogP contribution in [0.4, 0.5) is 14.9 Å². The van der Waals surface area contributed by atoms with E-state index in [-0.39, 0.29) is 25.2 Å². The van der Waals surface area contributed by atoms with E-state index < -0.39 is 95.3 Å². The number of alkyl halides is 1. The molecule has 20 nitrogen and oxygen atoms in total. The zero-order valence-electron chi connectivity index (χ0n) is 44.4. The van der Waals surface area contributed by atoms with E-state index in [1.807, 2.05) is 61.6 Å². The second kappa shape index (κ2) is 23.4. The van der Waals surface area contributed by atoms with Gasteiger partial charge in [0, 0.05) is 79.7 Å². The first-order valence-electron chi connectivity index (χ1n) is 25.9. The van der Waals surface area contributed by atoms with Gasteiger partial charge in [-0.15, -0.1) is 10.2 Å². The molecule has 3 aliphatic rings. The number of benzene rings is 1. The van der Waals surface area contributed by atoms with Crippen LogP contribution in [0.15, 0.2) is 61.2 Å². The lowest BCUT2D eigenvalue weighted by Crippen LogP contribution is -2.62. The number of likely N-dealkylation sites (N-methyl/N-ethyl adjacent to an activating group) is 1. The molecular formula is C53H75FN10O10. The molecule has 0 unspecified atom stereocenters. The van der Waals surface area contributed by atoms with Crippen LogP contribution in [-0.4, -0.2) is 160 Å². The number of hydrogen-bond acceptors (Lipinski definition) is 17. The van der Waals surface area contributed by atoms with E-state index >= 15 is 4.39 Å². The molecule has 1 aromatic carbocycles. The molecule has 404 valence electrons. The van der Waals surface area contributed by atoms with Crippen LogP contribution in [0.3, 0.4) is 0 Å². The van der Waals surface area contributed by atoms with Gasteiger partial charge in [0.25, 0.3) is 5.67 Å². The number of ether oxygens (including phenoxy) is 5. The van der Waals surface area contributed by atoms with Crippen molar-refractivity contribution in [2.75, 3.05) is 33.0 Å². The minimum atomic E-state index is -3.22. The van der Waals surface area contributed by atoms with E-state index in [0.717, 1.165) is 36.6 Å². The lowest BCUT2D eigenvalue weighted by atomic mass is 9.73. The maximum Gasteiger partial charge on any atom is 0.410 e. The van der Waals surface area contributed by atoms with Crippen molar-refractivity contribution in [3.63, 3.8) is 0 Å². The number of unbranched alkanes of at least 4 members (excludes halogenated alkanes) is 2. The maximum atomic E-state index is 17.2. The van der Waals surface area contributed by atoms with Crippen LogP contribution in [0.25, 0.3) is 22.5 Å². The summed E-state index contributed by atoms with van der Waals surface area (Å²) in [6.07, 6.45) is 3.91. The molecule has 0 spiro atoms. The van der Waals surface area contributed by atoms with E-state index in [1.54, 1.807) is 62.4 Å². The summed E-state index contributed by atoms with van der Waals surface area (Å²) in [6, 6.07) is 9.70.